The molecule has 3 N–H and O–H groups in total. The maximum atomic E-state index is 4.97. The van der Waals surface area contributed by atoms with Gasteiger partial charge in [-0.3, -0.25) is 0 Å². The minimum atomic E-state index is 0.769. The summed E-state index contributed by atoms with van der Waals surface area (Å²) in [7, 11) is 1.73. The number of methoxy groups -OCH3 is 1. The van der Waals surface area contributed by atoms with E-state index in [-0.39, 0.29) is 0 Å². The molecule has 1 aliphatic rings. The molecule has 0 aromatic carbocycles. The summed E-state index contributed by atoms with van der Waals surface area (Å²) >= 11 is 4.93. The lowest BCUT2D eigenvalue weighted by molar-refractivity contribution is -0.906. The highest BCUT2D eigenvalue weighted by Crippen LogP contribution is 1.74. The van der Waals surface area contributed by atoms with Gasteiger partial charge in [0.25, 0.3) is 0 Å². The van der Waals surface area contributed by atoms with Gasteiger partial charge in [0.1, 0.15) is 0 Å². The minimum Gasteiger partial charge on any atom is -0.384 e. The summed E-state index contributed by atoms with van der Waals surface area (Å²) < 4.78 is 4.97. The van der Waals surface area contributed by atoms with Gasteiger partial charge < -0.3 is 20.3 Å². The number of nitrogens with one attached hydrogen (secondary N) is 3. The Morgan fingerprint density at radius 2 is 2.17 bits per heavy atom. The van der Waals surface area contributed by atoms with E-state index in [1.165, 1.54) is 4.90 Å². The van der Waals surface area contributed by atoms with Crippen LogP contribution < -0.4 is 15.5 Å². The molecule has 70 valence electrons. The zero-order valence-corrected chi connectivity index (χ0v) is 8.17. The Morgan fingerprint density at radius 3 is 2.75 bits per heavy atom. The molecule has 12 heavy (non-hydrogen) atoms. The predicted octanol–water partition coefficient (Wildman–Crippen LogP) is -1.70. The molecule has 5 heteroatoms. The van der Waals surface area contributed by atoms with Gasteiger partial charge in [0.15, 0.2) is 18.4 Å². The number of quaternary nitrogens is 1. The van der Waals surface area contributed by atoms with Crippen LogP contribution in [0.1, 0.15) is 6.42 Å². The van der Waals surface area contributed by atoms with E-state index < -0.39 is 0 Å². The second kappa shape index (κ2) is 5.29. The van der Waals surface area contributed by atoms with Gasteiger partial charge in [-0.2, -0.15) is 0 Å². The Bertz CT molecular complexity index is 144. The molecule has 0 aromatic rings. The largest absolute Gasteiger partial charge is 0.384 e. The van der Waals surface area contributed by atoms with E-state index in [0.717, 1.165) is 38.0 Å². The van der Waals surface area contributed by atoms with E-state index in [1.54, 1.807) is 7.11 Å². The summed E-state index contributed by atoms with van der Waals surface area (Å²) in [6, 6.07) is 0. The van der Waals surface area contributed by atoms with Crippen molar-refractivity contribution in [3.05, 3.63) is 0 Å². The molecule has 1 aliphatic heterocycles. The summed E-state index contributed by atoms with van der Waals surface area (Å²) in [6.45, 7) is 3.81. The number of hydrogen-bond donors (Lipinski definition) is 3. The van der Waals surface area contributed by atoms with Crippen LogP contribution >= 0.6 is 12.2 Å². The molecule has 0 saturated carbocycles. The van der Waals surface area contributed by atoms with Crippen LogP contribution in [-0.2, 0) is 4.74 Å². The maximum absolute atomic E-state index is 4.97. The average molecular weight is 190 g/mol. The number of ether oxygens (including phenoxy) is 1. The fourth-order valence-electron chi connectivity index (χ4n) is 1.18. The first-order valence-electron chi connectivity index (χ1n) is 4.17. The first kappa shape index (κ1) is 9.70. The molecule has 0 unspecified atom stereocenters. The van der Waals surface area contributed by atoms with Gasteiger partial charge in [-0.25, -0.2) is 0 Å². The smallest absolute Gasteiger partial charge is 0.174 e. The van der Waals surface area contributed by atoms with Crippen molar-refractivity contribution in [2.45, 2.75) is 6.42 Å². The van der Waals surface area contributed by atoms with Crippen LogP contribution in [0, 0.1) is 0 Å². The zero-order chi connectivity index (χ0) is 8.81. The van der Waals surface area contributed by atoms with Gasteiger partial charge in [-0.15, -0.1) is 0 Å². The van der Waals surface area contributed by atoms with Crippen LogP contribution in [0.3, 0.4) is 0 Å². The van der Waals surface area contributed by atoms with Crippen molar-refractivity contribution in [3.8, 4) is 0 Å². The van der Waals surface area contributed by atoms with Crippen molar-refractivity contribution in [2.75, 3.05) is 33.6 Å². The third kappa shape index (κ3) is 3.34. The molecule has 4 nitrogen and oxygen atoms in total. The topological polar surface area (TPSA) is 37.7 Å². The van der Waals surface area contributed by atoms with Crippen LogP contribution in [0.25, 0.3) is 0 Å². The van der Waals surface area contributed by atoms with Crippen LogP contribution in [0.2, 0.25) is 0 Å². The highest BCUT2D eigenvalue weighted by atomic mass is 32.1. The average Bonchev–Trinajstić information content (AvgIpc) is 2.09. The van der Waals surface area contributed by atoms with Gasteiger partial charge in [-0.1, -0.05) is 0 Å². The van der Waals surface area contributed by atoms with Gasteiger partial charge in [-0.05, 0) is 12.2 Å². The molecule has 0 aliphatic carbocycles. The first-order chi connectivity index (χ1) is 5.83. The molecule has 0 amide bonds. The lowest BCUT2D eigenvalue weighted by Crippen LogP contribution is -3.17. The molecule has 0 atom stereocenters. The van der Waals surface area contributed by atoms with E-state index in [0.29, 0.717) is 0 Å². The molecule has 0 bridgehead atoms. The van der Waals surface area contributed by atoms with E-state index in [1.807, 2.05) is 0 Å². The Balaban J connectivity index is 2.05. The predicted molar refractivity (Wildman–Crippen MR) is 50.9 cm³/mol. The Kier molecular flexibility index (Phi) is 4.27. The summed E-state index contributed by atoms with van der Waals surface area (Å²) in [6.07, 6.45) is 1.10. The third-order valence-electron chi connectivity index (χ3n) is 1.88. The Labute approximate surface area is 78.3 Å². The van der Waals surface area contributed by atoms with Crippen LogP contribution in [0.5, 0.6) is 0 Å². The highest BCUT2D eigenvalue weighted by Gasteiger charge is 2.13. The SMILES string of the molecule is COCCC[NH+]1CNC(=S)NC1. The molecule has 1 rings (SSSR count). The third-order valence-corrected chi connectivity index (χ3v) is 2.17. The van der Waals surface area contributed by atoms with E-state index >= 15 is 0 Å². The van der Waals surface area contributed by atoms with Crippen molar-refractivity contribution in [1.82, 2.24) is 10.6 Å². The molecule has 0 radical (unpaired) electrons. The first-order valence-corrected chi connectivity index (χ1v) is 4.58. The van der Waals surface area contributed by atoms with E-state index in [9.17, 15) is 0 Å². The molecule has 0 aromatic heterocycles. The molecular formula is C7H16N3OS+. The number of thiocarbonyl (C=S) groups is 1. The molecular weight excluding hydrogens is 174 g/mol. The highest BCUT2D eigenvalue weighted by molar-refractivity contribution is 7.80. The van der Waals surface area contributed by atoms with E-state index in [4.69, 9.17) is 17.0 Å². The monoisotopic (exact) mass is 190 g/mol. The van der Waals surface area contributed by atoms with Gasteiger partial charge >= 0.3 is 0 Å². The zero-order valence-electron chi connectivity index (χ0n) is 7.35. The van der Waals surface area contributed by atoms with Gasteiger partial charge in [0.2, 0.25) is 0 Å². The summed E-state index contributed by atoms with van der Waals surface area (Å²) in [5.74, 6) is 0. The Hall–Kier alpha value is -0.390. The van der Waals surface area contributed by atoms with Crippen molar-refractivity contribution in [2.24, 2.45) is 0 Å². The van der Waals surface area contributed by atoms with Crippen molar-refractivity contribution in [3.63, 3.8) is 0 Å². The van der Waals surface area contributed by atoms with Crippen molar-refractivity contribution in [1.29, 1.82) is 0 Å². The molecule has 1 saturated heterocycles. The fraction of sp³-hybridized carbons (Fsp3) is 0.857. The molecule has 1 fully saturated rings. The number of rotatable bonds is 4. The number of hydrogen-bond acceptors (Lipinski definition) is 2. The second-order valence-corrected chi connectivity index (χ2v) is 3.29. The van der Waals surface area contributed by atoms with E-state index in [2.05, 4.69) is 10.6 Å². The lowest BCUT2D eigenvalue weighted by atomic mass is 10.4. The summed E-state index contributed by atoms with van der Waals surface area (Å²) in [5.41, 5.74) is 0. The summed E-state index contributed by atoms with van der Waals surface area (Å²) in [5, 5.41) is 6.97. The second-order valence-electron chi connectivity index (χ2n) is 2.88. The van der Waals surface area contributed by atoms with Crippen LogP contribution in [0.4, 0.5) is 0 Å². The van der Waals surface area contributed by atoms with Crippen molar-refractivity contribution < 1.29 is 9.64 Å². The lowest BCUT2D eigenvalue weighted by Gasteiger charge is -2.26. The normalized spacial score (nSPS) is 18.6. The standard InChI is InChI=1S/C7H15N3OS/c1-11-4-2-3-10-5-8-7(12)9-6-10/h2-6H2,1H3,(H2,8,9,12)/p+1. The van der Waals surface area contributed by atoms with Gasteiger partial charge in [0.05, 0.1) is 13.2 Å². The summed E-state index contributed by atoms with van der Waals surface area (Å²) in [4.78, 5) is 1.47. The Morgan fingerprint density at radius 1 is 1.50 bits per heavy atom. The molecule has 0 spiro atoms. The molecule has 1 heterocycles. The maximum Gasteiger partial charge on any atom is 0.174 e. The van der Waals surface area contributed by atoms with Crippen LogP contribution in [-0.4, -0.2) is 38.7 Å². The fourth-order valence-corrected chi connectivity index (χ4v) is 1.32. The minimum absolute atomic E-state index is 0.769. The van der Waals surface area contributed by atoms with Crippen LogP contribution in [0.15, 0.2) is 0 Å². The van der Waals surface area contributed by atoms with Crippen molar-refractivity contribution >= 4 is 17.3 Å². The quantitative estimate of drug-likeness (QED) is 0.365. The van der Waals surface area contributed by atoms with Gasteiger partial charge in [0, 0.05) is 13.5 Å².